The Morgan fingerprint density at radius 1 is 1.00 bits per heavy atom. The molecule has 1 heterocycles. The fourth-order valence-electron chi connectivity index (χ4n) is 2.47. The zero-order chi connectivity index (χ0) is 20.1. The molecule has 0 saturated heterocycles. The third-order valence-corrected chi connectivity index (χ3v) is 3.94. The first-order chi connectivity index (χ1) is 13.4. The van der Waals surface area contributed by atoms with E-state index in [4.69, 9.17) is 16.3 Å². The molecule has 1 aromatic heterocycles. The second kappa shape index (κ2) is 8.49. The molecule has 1 amide bonds. The molecule has 0 aliphatic rings. The normalized spacial score (nSPS) is 10.2. The number of rotatable bonds is 5. The van der Waals surface area contributed by atoms with Crippen molar-refractivity contribution in [1.82, 2.24) is 9.97 Å². The summed E-state index contributed by atoms with van der Waals surface area (Å²) in [6, 6.07) is 15.1. The number of hydrogen-bond acceptors (Lipinski definition) is 6. The molecular weight excluding hydrogens is 380 g/mol. The molecule has 0 atom stereocenters. The van der Waals surface area contributed by atoms with Crippen molar-refractivity contribution in [2.45, 2.75) is 6.92 Å². The number of aryl methyl sites for hydroxylation is 1. The number of aromatic nitrogens is 2. The lowest BCUT2D eigenvalue weighted by Crippen LogP contribution is -2.15. The van der Waals surface area contributed by atoms with Crippen LogP contribution in [0.5, 0.6) is 0 Å². The Balaban J connectivity index is 1.81. The molecule has 0 aliphatic heterocycles. The van der Waals surface area contributed by atoms with Crippen molar-refractivity contribution in [3.63, 3.8) is 0 Å². The number of esters is 1. The standard InChI is InChI=1S/C20H17ClN4O3/c1-12-9-17(18(26)23-16-8-4-6-14(21)11-16)25-20(22-12)24-15-7-3-5-13(10-15)19(27)28-2/h3-11H,1-2H3,(H,23,26)(H,22,24,25). The van der Waals surface area contributed by atoms with Gasteiger partial charge in [-0.3, -0.25) is 4.79 Å². The predicted molar refractivity (Wildman–Crippen MR) is 107 cm³/mol. The van der Waals surface area contributed by atoms with Gasteiger partial charge in [0.2, 0.25) is 5.95 Å². The summed E-state index contributed by atoms with van der Waals surface area (Å²) in [5, 5.41) is 6.27. The number of carbonyl (C=O) groups excluding carboxylic acids is 2. The lowest BCUT2D eigenvalue weighted by molar-refractivity contribution is 0.0600. The lowest BCUT2D eigenvalue weighted by Gasteiger charge is -2.10. The number of hydrogen-bond donors (Lipinski definition) is 2. The molecule has 0 radical (unpaired) electrons. The van der Waals surface area contributed by atoms with Crippen LogP contribution in [0.15, 0.2) is 54.6 Å². The number of amides is 1. The molecule has 28 heavy (non-hydrogen) atoms. The Morgan fingerprint density at radius 3 is 2.50 bits per heavy atom. The molecule has 0 unspecified atom stereocenters. The second-order valence-corrected chi connectivity index (χ2v) is 6.32. The first-order valence-electron chi connectivity index (χ1n) is 8.32. The van der Waals surface area contributed by atoms with Gasteiger partial charge in [-0.2, -0.15) is 0 Å². The van der Waals surface area contributed by atoms with Crippen LogP contribution in [-0.2, 0) is 4.74 Å². The van der Waals surface area contributed by atoms with Gasteiger partial charge in [0.15, 0.2) is 0 Å². The highest BCUT2D eigenvalue weighted by Gasteiger charge is 2.12. The van der Waals surface area contributed by atoms with Gasteiger partial charge < -0.3 is 15.4 Å². The summed E-state index contributed by atoms with van der Waals surface area (Å²) < 4.78 is 4.72. The molecule has 0 spiro atoms. The summed E-state index contributed by atoms with van der Waals surface area (Å²) in [4.78, 5) is 32.7. The molecule has 2 N–H and O–H groups in total. The van der Waals surface area contributed by atoms with Gasteiger partial charge in [-0.25, -0.2) is 14.8 Å². The number of halogens is 1. The highest BCUT2D eigenvalue weighted by molar-refractivity contribution is 6.30. The van der Waals surface area contributed by atoms with Crippen molar-refractivity contribution in [2.24, 2.45) is 0 Å². The average Bonchev–Trinajstić information content (AvgIpc) is 2.67. The Hall–Kier alpha value is -3.45. The summed E-state index contributed by atoms with van der Waals surface area (Å²) in [6.45, 7) is 1.76. The monoisotopic (exact) mass is 396 g/mol. The van der Waals surface area contributed by atoms with E-state index in [9.17, 15) is 9.59 Å². The third kappa shape index (κ3) is 4.83. The van der Waals surface area contributed by atoms with Gasteiger partial charge in [0.25, 0.3) is 5.91 Å². The fraction of sp³-hybridized carbons (Fsp3) is 0.100. The van der Waals surface area contributed by atoms with Crippen LogP contribution >= 0.6 is 11.6 Å². The number of carbonyl (C=O) groups is 2. The van der Waals surface area contributed by atoms with E-state index in [2.05, 4.69) is 20.6 Å². The Bertz CT molecular complexity index is 1040. The van der Waals surface area contributed by atoms with Crippen molar-refractivity contribution in [3.8, 4) is 0 Å². The minimum atomic E-state index is -0.449. The summed E-state index contributed by atoms with van der Waals surface area (Å²) in [5.41, 5.74) is 2.35. The van der Waals surface area contributed by atoms with Gasteiger partial charge in [0.1, 0.15) is 5.69 Å². The van der Waals surface area contributed by atoms with Crippen molar-refractivity contribution in [1.29, 1.82) is 0 Å². The largest absolute Gasteiger partial charge is 0.465 e. The van der Waals surface area contributed by atoms with Gasteiger partial charge in [0, 0.05) is 22.1 Å². The maximum absolute atomic E-state index is 12.5. The van der Waals surface area contributed by atoms with Gasteiger partial charge in [0.05, 0.1) is 12.7 Å². The lowest BCUT2D eigenvalue weighted by atomic mass is 10.2. The van der Waals surface area contributed by atoms with Crippen LogP contribution in [-0.4, -0.2) is 29.0 Å². The smallest absolute Gasteiger partial charge is 0.337 e. The van der Waals surface area contributed by atoms with E-state index in [1.54, 1.807) is 61.5 Å². The minimum absolute atomic E-state index is 0.194. The molecular formula is C20H17ClN4O3. The van der Waals surface area contributed by atoms with Gasteiger partial charge in [-0.15, -0.1) is 0 Å². The van der Waals surface area contributed by atoms with E-state index >= 15 is 0 Å². The van der Waals surface area contributed by atoms with Crippen molar-refractivity contribution in [2.75, 3.05) is 17.7 Å². The quantitative estimate of drug-likeness (QED) is 0.627. The number of benzene rings is 2. The van der Waals surface area contributed by atoms with Crippen LogP contribution in [0.4, 0.5) is 17.3 Å². The number of anilines is 3. The highest BCUT2D eigenvalue weighted by Crippen LogP contribution is 2.18. The van der Waals surface area contributed by atoms with Gasteiger partial charge in [-0.05, 0) is 49.4 Å². The first-order valence-corrected chi connectivity index (χ1v) is 8.70. The molecule has 142 valence electrons. The minimum Gasteiger partial charge on any atom is -0.465 e. The topological polar surface area (TPSA) is 93.2 Å². The van der Waals surface area contributed by atoms with E-state index in [0.29, 0.717) is 27.7 Å². The molecule has 0 saturated carbocycles. The Morgan fingerprint density at radius 2 is 1.75 bits per heavy atom. The number of nitrogens with one attached hydrogen (secondary N) is 2. The summed E-state index contributed by atoms with van der Waals surface area (Å²) in [6.07, 6.45) is 0. The molecule has 0 fully saturated rings. The van der Waals surface area contributed by atoms with Crippen LogP contribution in [0, 0.1) is 6.92 Å². The number of methoxy groups -OCH3 is 1. The predicted octanol–water partition coefficient (Wildman–Crippen LogP) is 4.22. The molecule has 2 aromatic carbocycles. The Labute approximate surface area is 166 Å². The maximum Gasteiger partial charge on any atom is 0.337 e. The van der Waals surface area contributed by atoms with Crippen LogP contribution in [0.1, 0.15) is 26.5 Å². The summed E-state index contributed by atoms with van der Waals surface area (Å²) >= 11 is 5.94. The van der Waals surface area contributed by atoms with Crippen molar-refractivity contribution < 1.29 is 14.3 Å². The summed E-state index contributed by atoms with van der Waals surface area (Å²) in [7, 11) is 1.32. The first kappa shape index (κ1) is 19.3. The van der Waals surface area contributed by atoms with Crippen LogP contribution in [0.25, 0.3) is 0 Å². The van der Waals surface area contributed by atoms with E-state index in [-0.39, 0.29) is 17.5 Å². The van der Waals surface area contributed by atoms with E-state index in [1.807, 2.05) is 0 Å². The van der Waals surface area contributed by atoms with Gasteiger partial charge in [-0.1, -0.05) is 23.7 Å². The van der Waals surface area contributed by atoms with E-state index in [1.165, 1.54) is 7.11 Å². The van der Waals surface area contributed by atoms with Crippen LogP contribution in [0.3, 0.4) is 0 Å². The summed E-state index contributed by atoms with van der Waals surface area (Å²) in [5.74, 6) is -0.604. The number of ether oxygens (including phenoxy) is 1. The van der Waals surface area contributed by atoms with Gasteiger partial charge >= 0.3 is 5.97 Å². The average molecular weight is 397 g/mol. The zero-order valence-corrected chi connectivity index (χ0v) is 15.9. The number of nitrogens with zero attached hydrogens (tertiary/aromatic N) is 2. The molecule has 0 bridgehead atoms. The highest BCUT2D eigenvalue weighted by atomic mass is 35.5. The third-order valence-electron chi connectivity index (χ3n) is 3.71. The fourth-order valence-corrected chi connectivity index (χ4v) is 2.66. The van der Waals surface area contributed by atoms with Crippen LogP contribution in [0.2, 0.25) is 5.02 Å². The molecule has 8 heteroatoms. The van der Waals surface area contributed by atoms with E-state index < -0.39 is 5.97 Å². The van der Waals surface area contributed by atoms with Crippen molar-refractivity contribution >= 4 is 40.8 Å². The maximum atomic E-state index is 12.5. The molecule has 7 nitrogen and oxygen atoms in total. The van der Waals surface area contributed by atoms with E-state index in [0.717, 1.165) is 0 Å². The van der Waals surface area contributed by atoms with Crippen molar-refractivity contribution in [3.05, 3.63) is 76.6 Å². The molecule has 3 rings (SSSR count). The molecule has 3 aromatic rings. The second-order valence-electron chi connectivity index (χ2n) is 5.88. The Kier molecular flexibility index (Phi) is 5.86. The zero-order valence-electron chi connectivity index (χ0n) is 15.2. The van der Waals surface area contributed by atoms with Crippen LogP contribution < -0.4 is 10.6 Å². The SMILES string of the molecule is COC(=O)c1cccc(Nc2nc(C)cc(C(=O)Nc3cccc(Cl)c3)n2)c1. The molecule has 0 aliphatic carbocycles.